The Balaban J connectivity index is 2.10. The molecule has 1 aromatic carbocycles. The largest absolute Gasteiger partial charge is 0.444 e. The molecular weight excluding hydrogens is 224 g/mol. The lowest BCUT2D eigenvalue weighted by atomic mass is 10.1. The van der Waals surface area contributed by atoms with Gasteiger partial charge in [0.25, 0.3) is 0 Å². The van der Waals surface area contributed by atoms with Crippen LogP contribution >= 0.6 is 11.6 Å². The average Bonchev–Trinajstić information content (AvgIpc) is 2.65. The molecule has 3 nitrogen and oxygen atoms in total. The molecule has 16 heavy (non-hydrogen) atoms. The molecule has 1 heterocycles. The summed E-state index contributed by atoms with van der Waals surface area (Å²) in [7, 11) is 0. The van der Waals surface area contributed by atoms with Crippen molar-refractivity contribution in [3.8, 4) is 0 Å². The van der Waals surface area contributed by atoms with Gasteiger partial charge in [-0.3, -0.25) is 0 Å². The molecule has 0 bridgehead atoms. The number of halogens is 1. The molecule has 1 atom stereocenters. The fourth-order valence-corrected chi connectivity index (χ4v) is 1.78. The second-order valence-corrected chi connectivity index (χ2v) is 4.16. The lowest BCUT2D eigenvalue weighted by Gasteiger charge is -2.08. The first kappa shape index (κ1) is 11.2. The highest BCUT2D eigenvalue weighted by molar-refractivity contribution is 6.30. The molecule has 84 valence electrons. The van der Waals surface area contributed by atoms with Gasteiger partial charge in [-0.05, 0) is 24.1 Å². The summed E-state index contributed by atoms with van der Waals surface area (Å²) in [5.74, 6) is 1.34. The highest BCUT2D eigenvalue weighted by Gasteiger charge is 2.11. The van der Waals surface area contributed by atoms with E-state index in [1.807, 2.05) is 24.3 Å². The molecule has 0 spiro atoms. The number of nitrogens with two attached hydrogens (primary N) is 1. The van der Waals surface area contributed by atoms with E-state index in [9.17, 15) is 0 Å². The molecular formula is C12H13ClN2O. The van der Waals surface area contributed by atoms with Crippen LogP contribution in [0.5, 0.6) is 0 Å². The van der Waals surface area contributed by atoms with Gasteiger partial charge in [-0.2, -0.15) is 0 Å². The normalized spacial score (nSPS) is 12.7. The maximum atomic E-state index is 6.01. The molecule has 0 aliphatic rings. The van der Waals surface area contributed by atoms with E-state index in [2.05, 4.69) is 4.98 Å². The molecule has 4 heteroatoms. The van der Waals surface area contributed by atoms with Crippen molar-refractivity contribution in [1.29, 1.82) is 0 Å². The highest BCUT2D eigenvalue weighted by Crippen LogP contribution is 2.19. The lowest BCUT2D eigenvalue weighted by molar-refractivity contribution is 0.439. The van der Waals surface area contributed by atoms with Crippen LogP contribution in [0.1, 0.15) is 23.3 Å². The van der Waals surface area contributed by atoms with Gasteiger partial charge < -0.3 is 10.2 Å². The summed E-state index contributed by atoms with van der Waals surface area (Å²) < 4.78 is 5.38. The quantitative estimate of drug-likeness (QED) is 0.892. The number of oxazole rings is 1. The van der Waals surface area contributed by atoms with E-state index in [-0.39, 0.29) is 6.04 Å². The van der Waals surface area contributed by atoms with Crippen LogP contribution in [-0.2, 0) is 6.42 Å². The van der Waals surface area contributed by atoms with Gasteiger partial charge in [0.1, 0.15) is 5.76 Å². The third kappa shape index (κ3) is 2.62. The Labute approximate surface area is 99.2 Å². The lowest BCUT2D eigenvalue weighted by Crippen LogP contribution is -2.12. The van der Waals surface area contributed by atoms with Crippen molar-refractivity contribution in [2.45, 2.75) is 19.4 Å². The summed E-state index contributed by atoms with van der Waals surface area (Å²) >= 11 is 5.90. The van der Waals surface area contributed by atoms with Crippen LogP contribution in [0.3, 0.4) is 0 Å². The van der Waals surface area contributed by atoms with E-state index in [0.29, 0.717) is 18.1 Å². The van der Waals surface area contributed by atoms with Crippen LogP contribution in [-0.4, -0.2) is 4.98 Å². The van der Waals surface area contributed by atoms with E-state index < -0.39 is 0 Å². The van der Waals surface area contributed by atoms with E-state index in [4.69, 9.17) is 21.8 Å². The van der Waals surface area contributed by atoms with Crippen LogP contribution in [0.15, 0.2) is 34.9 Å². The fraction of sp³-hybridized carbons (Fsp3) is 0.250. The Bertz CT molecular complexity index is 481. The molecule has 1 unspecified atom stereocenters. The highest BCUT2D eigenvalue weighted by atomic mass is 35.5. The molecule has 1 aromatic heterocycles. The first-order valence-corrected chi connectivity index (χ1v) is 5.45. The molecule has 0 saturated heterocycles. The molecule has 2 N–H and O–H groups in total. The minimum Gasteiger partial charge on any atom is -0.444 e. The van der Waals surface area contributed by atoms with Crippen LogP contribution in [0, 0.1) is 6.92 Å². The average molecular weight is 237 g/mol. The molecule has 0 amide bonds. The zero-order valence-electron chi connectivity index (χ0n) is 8.98. The monoisotopic (exact) mass is 236 g/mol. The smallest absolute Gasteiger partial charge is 0.191 e. The predicted molar refractivity (Wildman–Crippen MR) is 63.3 cm³/mol. The van der Waals surface area contributed by atoms with Crippen molar-refractivity contribution in [1.82, 2.24) is 4.98 Å². The van der Waals surface area contributed by atoms with Crippen molar-refractivity contribution in [3.05, 3.63) is 52.7 Å². The van der Waals surface area contributed by atoms with Crippen molar-refractivity contribution in [2.75, 3.05) is 0 Å². The first-order valence-electron chi connectivity index (χ1n) is 5.07. The number of benzene rings is 1. The van der Waals surface area contributed by atoms with Gasteiger partial charge >= 0.3 is 0 Å². The van der Waals surface area contributed by atoms with Crippen LogP contribution in [0.4, 0.5) is 0 Å². The predicted octanol–water partition coefficient (Wildman–Crippen LogP) is 2.88. The van der Waals surface area contributed by atoms with Gasteiger partial charge in [0.15, 0.2) is 5.89 Å². The summed E-state index contributed by atoms with van der Waals surface area (Å²) in [4.78, 5) is 4.02. The number of rotatable bonds is 3. The summed E-state index contributed by atoms with van der Waals surface area (Å²) in [6.07, 6.45) is 2.36. The van der Waals surface area contributed by atoms with E-state index in [0.717, 1.165) is 10.6 Å². The minimum atomic E-state index is -0.181. The van der Waals surface area contributed by atoms with E-state index in [1.54, 1.807) is 13.1 Å². The van der Waals surface area contributed by atoms with Crippen molar-refractivity contribution in [3.63, 3.8) is 0 Å². The third-order valence-electron chi connectivity index (χ3n) is 2.35. The van der Waals surface area contributed by atoms with Gasteiger partial charge in [-0.25, -0.2) is 4.98 Å². The van der Waals surface area contributed by atoms with Gasteiger partial charge in [0, 0.05) is 11.9 Å². The minimum absolute atomic E-state index is 0.181. The number of aryl methyl sites for hydroxylation is 1. The Morgan fingerprint density at radius 1 is 1.50 bits per heavy atom. The van der Waals surface area contributed by atoms with Gasteiger partial charge in [-0.1, -0.05) is 23.7 Å². The van der Waals surface area contributed by atoms with Gasteiger partial charge in [0.2, 0.25) is 0 Å². The zero-order chi connectivity index (χ0) is 11.5. The Kier molecular flexibility index (Phi) is 3.27. The van der Waals surface area contributed by atoms with Crippen LogP contribution < -0.4 is 5.73 Å². The van der Waals surface area contributed by atoms with Gasteiger partial charge in [-0.15, -0.1) is 0 Å². The Morgan fingerprint density at radius 3 is 2.94 bits per heavy atom. The third-order valence-corrected chi connectivity index (χ3v) is 2.58. The van der Waals surface area contributed by atoms with Gasteiger partial charge in [0.05, 0.1) is 12.2 Å². The topological polar surface area (TPSA) is 52.0 Å². The molecule has 2 aromatic rings. The summed E-state index contributed by atoms with van der Waals surface area (Å²) in [6.45, 7) is 1.80. The fourth-order valence-electron chi connectivity index (χ4n) is 1.57. The standard InChI is InChI=1S/C12H13ClN2O/c1-8-15-7-12(16-8)11(14)6-9-3-2-4-10(13)5-9/h2-5,7,11H,6,14H2,1H3. The van der Waals surface area contributed by atoms with Crippen molar-refractivity contribution in [2.24, 2.45) is 5.73 Å². The second-order valence-electron chi connectivity index (χ2n) is 3.72. The summed E-state index contributed by atoms with van der Waals surface area (Å²) in [6, 6.07) is 7.48. The summed E-state index contributed by atoms with van der Waals surface area (Å²) in [5.41, 5.74) is 7.11. The Morgan fingerprint density at radius 2 is 2.31 bits per heavy atom. The molecule has 0 aliphatic carbocycles. The van der Waals surface area contributed by atoms with Crippen molar-refractivity contribution < 1.29 is 4.42 Å². The molecule has 0 fully saturated rings. The van der Waals surface area contributed by atoms with Crippen LogP contribution in [0.2, 0.25) is 5.02 Å². The molecule has 0 aliphatic heterocycles. The first-order chi connectivity index (χ1) is 7.65. The van der Waals surface area contributed by atoms with E-state index >= 15 is 0 Å². The Hall–Kier alpha value is -1.32. The molecule has 0 radical (unpaired) electrons. The molecule has 2 rings (SSSR count). The number of hydrogen-bond acceptors (Lipinski definition) is 3. The number of hydrogen-bond donors (Lipinski definition) is 1. The number of nitrogens with zero attached hydrogens (tertiary/aromatic N) is 1. The number of aromatic nitrogens is 1. The zero-order valence-corrected chi connectivity index (χ0v) is 9.74. The van der Waals surface area contributed by atoms with Crippen LogP contribution in [0.25, 0.3) is 0 Å². The second kappa shape index (κ2) is 4.68. The van der Waals surface area contributed by atoms with E-state index in [1.165, 1.54) is 0 Å². The van der Waals surface area contributed by atoms with Crippen molar-refractivity contribution >= 4 is 11.6 Å². The summed E-state index contributed by atoms with van der Waals surface area (Å²) in [5, 5.41) is 0.721. The molecule has 0 saturated carbocycles. The maximum Gasteiger partial charge on any atom is 0.191 e. The maximum absolute atomic E-state index is 6.01. The SMILES string of the molecule is Cc1ncc(C(N)Cc2cccc(Cl)c2)o1.